The molecule has 6 heteroatoms. The third-order valence-electron chi connectivity index (χ3n) is 5.43. The van der Waals surface area contributed by atoms with Crippen molar-refractivity contribution in [2.45, 2.75) is 26.8 Å². The van der Waals surface area contributed by atoms with Gasteiger partial charge in [-0.25, -0.2) is 0 Å². The molecule has 0 saturated carbocycles. The molecule has 0 aliphatic carbocycles. The van der Waals surface area contributed by atoms with E-state index in [1.165, 1.54) is 11.3 Å². The fourth-order valence-corrected chi connectivity index (χ4v) is 4.59. The molecule has 154 valence electrons. The van der Waals surface area contributed by atoms with Gasteiger partial charge in [0.15, 0.2) is 6.04 Å². The van der Waals surface area contributed by atoms with Crippen LogP contribution in [0.3, 0.4) is 0 Å². The van der Waals surface area contributed by atoms with Crippen LogP contribution in [-0.4, -0.2) is 25.0 Å². The SMILES string of the molecule is CCOc1ccc(N2C(=O)CN(c3cccc(C)c3C)C(=O)C2c2cccs2)cc1. The third kappa shape index (κ3) is 3.59. The number of benzene rings is 2. The van der Waals surface area contributed by atoms with Crippen molar-refractivity contribution in [1.82, 2.24) is 0 Å². The van der Waals surface area contributed by atoms with Crippen molar-refractivity contribution in [3.05, 3.63) is 76.0 Å². The minimum absolute atomic E-state index is 0.0121. The highest BCUT2D eigenvalue weighted by Crippen LogP contribution is 2.37. The summed E-state index contributed by atoms with van der Waals surface area (Å²) in [7, 11) is 0. The summed E-state index contributed by atoms with van der Waals surface area (Å²) in [6.07, 6.45) is 0. The number of hydrogen-bond donors (Lipinski definition) is 0. The molecule has 5 nitrogen and oxygen atoms in total. The van der Waals surface area contributed by atoms with E-state index in [-0.39, 0.29) is 18.4 Å². The lowest BCUT2D eigenvalue weighted by molar-refractivity contribution is -0.128. The van der Waals surface area contributed by atoms with E-state index in [1.54, 1.807) is 9.80 Å². The molecule has 1 aliphatic rings. The van der Waals surface area contributed by atoms with E-state index >= 15 is 0 Å². The van der Waals surface area contributed by atoms with E-state index in [4.69, 9.17) is 4.74 Å². The lowest BCUT2D eigenvalue weighted by Gasteiger charge is -2.40. The minimum Gasteiger partial charge on any atom is -0.494 e. The number of carbonyl (C=O) groups is 2. The molecule has 30 heavy (non-hydrogen) atoms. The van der Waals surface area contributed by atoms with Crippen LogP contribution in [0.2, 0.25) is 0 Å². The van der Waals surface area contributed by atoms with Crippen molar-refractivity contribution in [2.24, 2.45) is 0 Å². The van der Waals surface area contributed by atoms with Crippen LogP contribution in [0.15, 0.2) is 60.0 Å². The lowest BCUT2D eigenvalue weighted by Crippen LogP contribution is -2.56. The zero-order valence-corrected chi connectivity index (χ0v) is 18.1. The van der Waals surface area contributed by atoms with Gasteiger partial charge in [-0.1, -0.05) is 18.2 Å². The number of hydrogen-bond acceptors (Lipinski definition) is 4. The number of carbonyl (C=O) groups excluding carboxylic acids is 2. The van der Waals surface area contributed by atoms with Gasteiger partial charge in [0, 0.05) is 16.3 Å². The Morgan fingerprint density at radius 1 is 1.03 bits per heavy atom. The van der Waals surface area contributed by atoms with Crippen molar-refractivity contribution >= 4 is 34.5 Å². The van der Waals surface area contributed by atoms with Gasteiger partial charge in [0.05, 0.1) is 6.61 Å². The largest absolute Gasteiger partial charge is 0.494 e. The van der Waals surface area contributed by atoms with E-state index in [1.807, 2.05) is 80.7 Å². The van der Waals surface area contributed by atoms with Crippen LogP contribution in [0.25, 0.3) is 0 Å². The summed E-state index contributed by atoms with van der Waals surface area (Å²) in [6.45, 7) is 6.51. The molecule has 0 N–H and O–H groups in total. The highest BCUT2D eigenvalue weighted by molar-refractivity contribution is 7.10. The number of piperazine rings is 1. The van der Waals surface area contributed by atoms with E-state index in [9.17, 15) is 9.59 Å². The third-order valence-corrected chi connectivity index (χ3v) is 6.35. The van der Waals surface area contributed by atoms with Crippen molar-refractivity contribution < 1.29 is 14.3 Å². The molecule has 1 aromatic heterocycles. The van der Waals surface area contributed by atoms with Crippen LogP contribution in [-0.2, 0) is 9.59 Å². The number of anilines is 2. The first-order valence-electron chi connectivity index (χ1n) is 9.97. The van der Waals surface area contributed by atoms with Gasteiger partial charge in [0.1, 0.15) is 12.3 Å². The minimum atomic E-state index is -0.691. The smallest absolute Gasteiger partial charge is 0.256 e. The molecule has 1 saturated heterocycles. The monoisotopic (exact) mass is 420 g/mol. The molecule has 1 aliphatic heterocycles. The van der Waals surface area contributed by atoms with Gasteiger partial charge in [-0.3, -0.25) is 14.5 Å². The van der Waals surface area contributed by atoms with Crippen molar-refractivity contribution in [3.63, 3.8) is 0 Å². The van der Waals surface area contributed by atoms with Gasteiger partial charge in [0.2, 0.25) is 5.91 Å². The van der Waals surface area contributed by atoms with E-state index in [0.717, 1.165) is 27.4 Å². The van der Waals surface area contributed by atoms with E-state index in [0.29, 0.717) is 12.3 Å². The predicted octanol–water partition coefficient (Wildman–Crippen LogP) is 4.88. The standard InChI is InChI=1S/C24H24N2O3S/c1-4-29-19-12-10-18(11-13-19)26-22(27)15-25(20-8-5-7-16(2)17(20)3)24(28)23(26)21-9-6-14-30-21/h5-14,23H,4,15H2,1-3H3. The second-order valence-corrected chi connectivity index (χ2v) is 8.23. The fraction of sp³-hybridized carbons (Fsp3) is 0.250. The number of thiophene rings is 1. The maximum absolute atomic E-state index is 13.7. The summed E-state index contributed by atoms with van der Waals surface area (Å²) in [5, 5.41) is 1.93. The molecule has 0 radical (unpaired) electrons. The molecular formula is C24H24N2O3S. The van der Waals surface area contributed by atoms with Crippen molar-refractivity contribution in [3.8, 4) is 5.75 Å². The van der Waals surface area contributed by atoms with Gasteiger partial charge in [-0.15, -0.1) is 11.3 Å². The first kappa shape index (κ1) is 20.2. The normalized spacial score (nSPS) is 16.8. The second-order valence-electron chi connectivity index (χ2n) is 7.25. The summed E-state index contributed by atoms with van der Waals surface area (Å²) < 4.78 is 5.52. The maximum atomic E-state index is 13.7. The number of nitrogens with zero attached hydrogens (tertiary/aromatic N) is 2. The summed E-state index contributed by atoms with van der Waals surface area (Å²) in [5.41, 5.74) is 3.59. The Kier molecular flexibility index (Phi) is 5.59. The molecule has 2 aromatic carbocycles. The first-order valence-corrected chi connectivity index (χ1v) is 10.8. The highest BCUT2D eigenvalue weighted by Gasteiger charge is 2.42. The molecule has 0 bridgehead atoms. The number of ether oxygens (including phenoxy) is 1. The van der Waals surface area contributed by atoms with Gasteiger partial charge in [-0.2, -0.15) is 0 Å². The maximum Gasteiger partial charge on any atom is 0.256 e. The molecule has 0 spiro atoms. The Bertz CT molecular complexity index is 1060. The predicted molar refractivity (Wildman–Crippen MR) is 120 cm³/mol. The number of rotatable bonds is 5. The Hall–Kier alpha value is -3.12. The first-order chi connectivity index (χ1) is 14.5. The molecule has 1 atom stereocenters. The Morgan fingerprint density at radius 3 is 2.47 bits per heavy atom. The zero-order chi connectivity index (χ0) is 21.3. The number of aryl methyl sites for hydroxylation is 1. The molecule has 4 rings (SSSR count). The van der Waals surface area contributed by atoms with Crippen LogP contribution in [0, 0.1) is 13.8 Å². The molecule has 2 amide bonds. The van der Waals surface area contributed by atoms with Crippen LogP contribution in [0.4, 0.5) is 11.4 Å². The van der Waals surface area contributed by atoms with E-state index in [2.05, 4.69) is 0 Å². The molecule has 1 unspecified atom stereocenters. The Balaban J connectivity index is 1.76. The van der Waals surface area contributed by atoms with Gasteiger partial charge in [0.25, 0.3) is 5.91 Å². The molecular weight excluding hydrogens is 396 g/mol. The van der Waals surface area contributed by atoms with Crippen LogP contribution < -0.4 is 14.5 Å². The fourth-order valence-electron chi connectivity index (χ4n) is 3.78. The van der Waals surface area contributed by atoms with Gasteiger partial charge in [-0.05, 0) is 73.7 Å². The second kappa shape index (κ2) is 8.32. The quantitative estimate of drug-likeness (QED) is 0.591. The van der Waals surface area contributed by atoms with Crippen LogP contribution >= 0.6 is 11.3 Å². The van der Waals surface area contributed by atoms with Crippen molar-refractivity contribution in [2.75, 3.05) is 23.0 Å². The summed E-state index contributed by atoms with van der Waals surface area (Å²) in [6, 6.07) is 16.3. The Morgan fingerprint density at radius 2 is 1.80 bits per heavy atom. The van der Waals surface area contributed by atoms with Gasteiger partial charge < -0.3 is 9.64 Å². The van der Waals surface area contributed by atoms with E-state index < -0.39 is 6.04 Å². The molecule has 3 aromatic rings. The average molecular weight is 421 g/mol. The highest BCUT2D eigenvalue weighted by atomic mass is 32.1. The Labute approximate surface area is 180 Å². The topological polar surface area (TPSA) is 49.9 Å². The summed E-state index contributed by atoms with van der Waals surface area (Å²) in [4.78, 5) is 31.1. The molecule has 2 heterocycles. The molecule has 1 fully saturated rings. The van der Waals surface area contributed by atoms with Crippen molar-refractivity contribution in [1.29, 1.82) is 0 Å². The van der Waals surface area contributed by atoms with Crippen LogP contribution in [0.5, 0.6) is 5.75 Å². The van der Waals surface area contributed by atoms with Gasteiger partial charge >= 0.3 is 0 Å². The summed E-state index contributed by atoms with van der Waals surface area (Å²) >= 11 is 1.48. The zero-order valence-electron chi connectivity index (χ0n) is 17.3. The van der Waals surface area contributed by atoms with Crippen LogP contribution in [0.1, 0.15) is 29.0 Å². The average Bonchev–Trinajstić information content (AvgIpc) is 3.27. The number of amides is 2. The summed E-state index contributed by atoms with van der Waals surface area (Å²) in [5.74, 6) is 0.527. The lowest BCUT2D eigenvalue weighted by atomic mass is 10.0.